The number of hydrogen-bond donors (Lipinski definition) is 1. The lowest BCUT2D eigenvalue weighted by Crippen LogP contribution is -1.93. The Labute approximate surface area is 69.6 Å². The van der Waals surface area contributed by atoms with Gasteiger partial charge < -0.3 is 9.84 Å². The molecule has 3 nitrogen and oxygen atoms in total. The molecular weight excluding hydrogens is 166 g/mol. The topological polar surface area (TPSA) is 42.4 Å². The fraction of sp³-hybridized carbons (Fsp3) is 0.286. The highest BCUT2D eigenvalue weighted by Crippen LogP contribution is 2.20. The molecule has 1 N–H and O–H groups in total. The molecule has 0 aliphatic rings. The number of aromatic nitrogens is 1. The van der Waals surface area contributed by atoms with Crippen molar-refractivity contribution < 1.29 is 9.84 Å². The Morgan fingerprint density at radius 1 is 1.64 bits per heavy atom. The highest BCUT2D eigenvalue weighted by atomic mass is 35.5. The van der Waals surface area contributed by atoms with E-state index in [-0.39, 0.29) is 6.61 Å². The van der Waals surface area contributed by atoms with E-state index in [1.165, 1.54) is 7.11 Å². The maximum Gasteiger partial charge on any atom is 0.232 e. The third-order valence-corrected chi connectivity index (χ3v) is 1.51. The zero-order chi connectivity index (χ0) is 8.27. The number of hydrogen-bond acceptors (Lipinski definition) is 3. The molecule has 0 amide bonds. The first-order chi connectivity index (χ1) is 5.27. The van der Waals surface area contributed by atoms with Crippen LogP contribution in [0.25, 0.3) is 0 Å². The normalized spacial score (nSPS) is 9.73. The van der Waals surface area contributed by atoms with E-state index in [4.69, 9.17) is 21.4 Å². The van der Waals surface area contributed by atoms with E-state index in [9.17, 15) is 0 Å². The molecule has 1 rings (SSSR count). The standard InChI is InChI=1S/C7H8ClNO2/c1-11-7-6(8)3-2-5(4-10)9-7/h2-3,10H,4H2,1H3. The van der Waals surface area contributed by atoms with Gasteiger partial charge in [-0.2, -0.15) is 0 Å². The summed E-state index contributed by atoms with van der Waals surface area (Å²) in [4.78, 5) is 3.91. The van der Waals surface area contributed by atoms with Crippen LogP contribution >= 0.6 is 11.6 Å². The highest BCUT2D eigenvalue weighted by Gasteiger charge is 2.01. The highest BCUT2D eigenvalue weighted by molar-refractivity contribution is 6.31. The van der Waals surface area contributed by atoms with E-state index in [0.29, 0.717) is 16.6 Å². The minimum atomic E-state index is -0.104. The van der Waals surface area contributed by atoms with Gasteiger partial charge in [0.25, 0.3) is 0 Å². The average Bonchev–Trinajstić information content (AvgIpc) is 2.05. The van der Waals surface area contributed by atoms with Crippen LogP contribution in [-0.4, -0.2) is 17.2 Å². The molecule has 60 valence electrons. The minimum absolute atomic E-state index is 0.104. The zero-order valence-electron chi connectivity index (χ0n) is 6.04. The van der Waals surface area contributed by atoms with Crippen LogP contribution in [0, 0.1) is 0 Å². The van der Waals surface area contributed by atoms with Crippen LogP contribution in [0.4, 0.5) is 0 Å². The average molecular weight is 174 g/mol. The van der Waals surface area contributed by atoms with E-state index >= 15 is 0 Å². The Morgan fingerprint density at radius 3 is 2.91 bits per heavy atom. The fourth-order valence-corrected chi connectivity index (χ4v) is 0.875. The van der Waals surface area contributed by atoms with Crippen LogP contribution in [0.2, 0.25) is 5.02 Å². The molecule has 11 heavy (non-hydrogen) atoms. The molecule has 0 saturated carbocycles. The number of halogens is 1. The number of nitrogens with zero attached hydrogens (tertiary/aromatic N) is 1. The van der Waals surface area contributed by atoms with E-state index in [1.807, 2.05) is 0 Å². The monoisotopic (exact) mass is 173 g/mol. The van der Waals surface area contributed by atoms with Gasteiger partial charge in [-0.1, -0.05) is 11.6 Å². The Hall–Kier alpha value is -0.800. The van der Waals surface area contributed by atoms with Gasteiger partial charge in [0, 0.05) is 0 Å². The summed E-state index contributed by atoms with van der Waals surface area (Å²) in [7, 11) is 1.48. The van der Waals surface area contributed by atoms with Gasteiger partial charge in [-0.25, -0.2) is 4.98 Å². The minimum Gasteiger partial charge on any atom is -0.480 e. The van der Waals surface area contributed by atoms with E-state index in [2.05, 4.69) is 4.98 Å². The molecule has 1 heterocycles. The Bertz CT molecular complexity index is 252. The van der Waals surface area contributed by atoms with E-state index < -0.39 is 0 Å². The summed E-state index contributed by atoms with van der Waals surface area (Å²) < 4.78 is 4.83. The Balaban J connectivity index is 3.02. The molecular formula is C7H8ClNO2. The second-order valence-electron chi connectivity index (χ2n) is 1.95. The Morgan fingerprint density at radius 2 is 2.36 bits per heavy atom. The molecule has 0 aliphatic carbocycles. The van der Waals surface area contributed by atoms with Crippen molar-refractivity contribution in [3.63, 3.8) is 0 Å². The van der Waals surface area contributed by atoms with E-state index in [1.54, 1.807) is 12.1 Å². The maximum atomic E-state index is 8.69. The quantitative estimate of drug-likeness (QED) is 0.732. The number of ether oxygens (including phenoxy) is 1. The first-order valence-electron chi connectivity index (χ1n) is 3.08. The third-order valence-electron chi connectivity index (χ3n) is 1.23. The van der Waals surface area contributed by atoms with Crippen molar-refractivity contribution in [2.75, 3.05) is 7.11 Å². The molecule has 0 bridgehead atoms. The van der Waals surface area contributed by atoms with Gasteiger partial charge in [0.15, 0.2) is 0 Å². The van der Waals surface area contributed by atoms with Crippen LogP contribution in [0.5, 0.6) is 5.88 Å². The molecule has 0 spiro atoms. The first kappa shape index (κ1) is 8.30. The van der Waals surface area contributed by atoms with Crippen LogP contribution in [0.15, 0.2) is 12.1 Å². The summed E-state index contributed by atoms with van der Waals surface area (Å²) in [5.41, 5.74) is 0.547. The summed E-state index contributed by atoms with van der Waals surface area (Å²) >= 11 is 5.68. The molecule has 0 fully saturated rings. The van der Waals surface area contributed by atoms with Gasteiger partial charge >= 0.3 is 0 Å². The largest absolute Gasteiger partial charge is 0.480 e. The van der Waals surface area contributed by atoms with Crippen LogP contribution in [-0.2, 0) is 6.61 Å². The lowest BCUT2D eigenvalue weighted by atomic mass is 10.4. The summed E-state index contributed by atoms with van der Waals surface area (Å²) in [6.45, 7) is -0.104. The number of aliphatic hydroxyl groups is 1. The summed E-state index contributed by atoms with van der Waals surface area (Å²) in [5.74, 6) is 0.346. The van der Waals surface area contributed by atoms with Crippen molar-refractivity contribution in [1.82, 2.24) is 4.98 Å². The second-order valence-corrected chi connectivity index (χ2v) is 2.36. The fourth-order valence-electron chi connectivity index (χ4n) is 0.693. The van der Waals surface area contributed by atoms with Crippen LogP contribution in [0.1, 0.15) is 5.69 Å². The van der Waals surface area contributed by atoms with Crippen molar-refractivity contribution in [1.29, 1.82) is 0 Å². The molecule has 0 saturated heterocycles. The van der Waals surface area contributed by atoms with Gasteiger partial charge in [-0.15, -0.1) is 0 Å². The number of pyridine rings is 1. The Kier molecular flexibility index (Phi) is 2.68. The maximum absolute atomic E-state index is 8.69. The third kappa shape index (κ3) is 1.82. The molecule has 1 aromatic rings. The molecule has 0 radical (unpaired) electrons. The summed E-state index contributed by atoms with van der Waals surface area (Å²) in [6.07, 6.45) is 0. The van der Waals surface area contributed by atoms with Gasteiger partial charge in [0.2, 0.25) is 5.88 Å². The molecule has 0 atom stereocenters. The number of methoxy groups -OCH3 is 1. The molecule has 0 unspecified atom stereocenters. The summed E-state index contributed by atoms with van der Waals surface area (Å²) in [5, 5.41) is 9.14. The van der Waals surface area contributed by atoms with Gasteiger partial charge in [0.1, 0.15) is 5.02 Å². The molecule has 1 aromatic heterocycles. The van der Waals surface area contributed by atoms with E-state index in [0.717, 1.165) is 0 Å². The number of aliphatic hydroxyl groups excluding tert-OH is 1. The zero-order valence-corrected chi connectivity index (χ0v) is 6.80. The van der Waals surface area contributed by atoms with Crippen LogP contribution < -0.4 is 4.74 Å². The molecule has 0 aromatic carbocycles. The number of rotatable bonds is 2. The lowest BCUT2D eigenvalue weighted by molar-refractivity contribution is 0.274. The smallest absolute Gasteiger partial charge is 0.232 e. The second kappa shape index (κ2) is 3.55. The molecule has 4 heteroatoms. The predicted octanol–water partition coefficient (Wildman–Crippen LogP) is 1.24. The van der Waals surface area contributed by atoms with Crippen LogP contribution in [0.3, 0.4) is 0 Å². The van der Waals surface area contributed by atoms with Crippen molar-refractivity contribution in [2.45, 2.75) is 6.61 Å². The van der Waals surface area contributed by atoms with Gasteiger partial charge in [0.05, 0.1) is 19.4 Å². The molecule has 0 aliphatic heterocycles. The van der Waals surface area contributed by atoms with Crippen molar-refractivity contribution in [3.8, 4) is 5.88 Å². The summed E-state index contributed by atoms with van der Waals surface area (Å²) in [6, 6.07) is 3.28. The van der Waals surface area contributed by atoms with Crippen molar-refractivity contribution in [3.05, 3.63) is 22.8 Å². The predicted molar refractivity (Wildman–Crippen MR) is 41.7 cm³/mol. The SMILES string of the molecule is COc1nc(CO)ccc1Cl. The van der Waals surface area contributed by atoms with Crippen molar-refractivity contribution >= 4 is 11.6 Å². The van der Waals surface area contributed by atoms with Gasteiger partial charge in [-0.05, 0) is 12.1 Å². The first-order valence-corrected chi connectivity index (χ1v) is 3.46. The van der Waals surface area contributed by atoms with Gasteiger partial charge in [-0.3, -0.25) is 0 Å². The van der Waals surface area contributed by atoms with Crippen molar-refractivity contribution in [2.24, 2.45) is 0 Å². The lowest BCUT2D eigenvalue weighted by Gasteiger charge is -2.02.